The van der Waals surface area contributed by atoms with Crippen LogP contribution in [0.5, 0.6) is 0 Å². The van der Waals surface area contributed by atoms with E-state index in [1.54, 1.807) is 21.1 Å². The fourth-order valence-electron chi connectivity index (χ4n) is 4.15. The number of carbonyl (C=O) groups excluding carboxylic acids is 1. The van der Waals surface area contributed by atoms with Gasteiger partial charge < -0.3 is 10.2 Å². The first-order chi connectivity index (χ1) is 16.0. The Balaban J connectivity index is 1.37. The third kappa shape index (κ3) is 3.85. The number of anilines is 3. The number of rotatable bonds is 5. The summed E-state index contributed by atoms with van der Waals surface area (Å²) in [6, 6.07) is 25.9. The largest absolute Gasteiger partial charge is 0.339 e. The molecular formula is C26H24N4O2S. The van der Waals surface area contributed by atoms with Gasteiger partial charge in [0.25, 0.3) is 5.56 Å². The first-order valence-corrected chi connectivity index (χ1v) is 11.6. The normalized spacial score (nSPS) is 12.2. The van der Waals surface area contributed by atoms with Gasteiger partial charge in [0.1, 0.15) is 5.69 Å². The molecule has 1 aliphatic heterocycles. The summed E-state index contributed by atoms with van der Waals surface area (Å²) in [6.45, 7) is 2.35. The first-order valence-electron chi connectivity index (χ1n) is 10.8. The van der Waals surface area contributed by atoms with Gasteiger partial charge in [-0.05, 0) is 43.3 Å². The van der Waals surface area contributed by atoms with Gasteiger partial charge in [0, 0.05) is 29.8 Å². The maximum Gasteiger partial charge on any atom is 0.295 e. The Labute approximate surface area is 196 Å². The molecule has 0 aliphatic carbocycles. The molecule has 0 spiro atoms. The van der Waals surface area contributed by atoms with Crippen LogP contribution in [-0.2, 0) is 11.8 Å². The van der Waals surface area contributed by atoms with Gasteiger partial charge in [0.2, 0.25) is 5.91 Å². The average Bonchev–Trinajstić information content (AvgIpc) is 3.05. The third-order valence-corrected chi connectivity index (χ3v) is 7.04. The summed E-state index contributed by atoms with van der Waals surface area (Å²) in [5, 5.41) is 2.87. The van der Waals surface area contributed by atoms with Gasteiger partial charge in [0.15, 0.2) is 0 Å². The molecule has 0 fully saturated rings. The molecule has 0 bridgehead atoms. The van der Waals surface area contributed by atoms with Crippen LogP contribution in [0.3, 0.4) is 0 Å². The van der Waals surface area contributed by atoms with E-state index in [2.05, 4.69) is 34.5 Å². The van der Waals surface area contributed by atoms with Crippen LogP contribution in [0.2, 0.25) is 0 Å². The molecule has 4 aromatic rings. The Kier molecular flexibility index (Phi) is 5.56. The van der Waals surface area contributed by atoms with E-state index in [-0.39, 0.29) is 17.9 Å². The predicted octanol–water partition coefficient (Wildman–Crippen LogP) is 5.12. The minimum Gasteiger partial charge on any atom is -0.339 e. The smallest absolute Gasteiger partial charge is 0.295 e. The molecule has 7 heteroatoms. The third-order valence-electron chi connectivity index (χ3n) is 5.91. The molecule has 5 rings (SSSR count). The highest BCUT2D eigenvalue weighted by Crippen LogP contribution is 2.47. The maximum atomic E-state index is 13.1. The van der Waals surface area contributed by atoms with E-state index in [0.717, 1.165) is 17.1 Å². The van der Waals surface area contributed by atoms with Crippen molar-refractivity contribution in [3.8, 4) is 5.69 Å². The standard InChI is InChI=1S/C26H24N4O2S/c1-18-25(26(32)30(28(18)2)19-10-4-3-5-11-19)27-24(31)16-17-29-20-12-6-8-14-22(20)33-23-15-9-7-13-21(23)29/h3-15H,16-17H2,1-2H3,(H,27,31). The van der Waals surface area contributed by atoms with Gasteiger partial charge in [0.05, 0.1) is 22.8 Å². The van der Waals surface area contributed by atoms with Crippen molar-refractivity contribution in [1.82, 2.24) is 9.36 Å². The quantitative estimate of drug-likeness (QED) is 0.453. The highest BCUT2D eigenvalue weighted by atomic mass is 32.2. The zero-order valence-electron chi connectivity index (χ0n) is 18.5. The van der Waals surface area contributed by atoms with Gasteiger partial charge >= 0.3 is 0 Å². The van der Waals surface area contributed by atoms with Crippen LogP contribution >= 0.6 is 11.8 Å². The predicted molar refractivity (Wildman–Crippen MR) is 133 cm³/mol. The number of aromatic nitrogens is 2. The molecule has 1 N–H and O–H groups in total. The number of nitrogens with zero attached hydrogens (tertiary/aromatic N) is 3. The molecule has 3 aromatic carbocycles. The second-order valence-corrected chi connectivity index (χ2v) is 9.01. The first kappa shape index (κ1) is 21.2. The van der Waals surface area contributed by atoms with Crippen molar-refractivity contribution in [1.29, 1.82) is 0 Å². The number of nitrogens with one attached hydrogen (secondary N) is 1. The Morgan fingerprint density at radius 3 is 2.09 bits per heavy atom. The van der Waals surface area contributed by atoms with Crippen LogP contribution in [-0.4, -0.2) is 21.8 Å². The van der Waals surface area contributed by atoms with E-state index in [9.17, 15) is 9.59 Å². The molecule has 0 atom stereocenters. The van der Waals surface area contributed by atoms with Crippen molar-refractivity contribution >= 4 is 34.7 Å². The Hall–Kier alpha value is -3.71. The number of benzene rings is 3. The maximum absolute atomic E-state index is 13.1. The summed E-state index contributed by atoms with van der Waals surface area (Å²) >= 11 is 1.74. The number of fused-ring (bicyclic) bond motifs is 2. The lowest BCUT2D eigenvalue weighted by Gasteiger charge is -2.32. The van der Waals surface area contributed by atoms with Crippen molar-refractivity contribution in [3.05, 3.63) is 94.9 Å². The van der Waals surface area contributed by atoms with Gasteiger partial charge in [-0.1, -0.05) is 54.2 Å². The number of amides is 1. The van der Waals surface area contributed by atoms with Crippen molar-refractivity contribution in [2.24, 2.45) is 7.05 Å². The van der Waals surface area contributed by atoms with Crippen LogP contribution in [0.15, 0.2) is 93.4 Å². The molecular weight excluding hydrogens is 432 g/mol. The van der Waals surface area contributed by atoms with Crippen LogP contribution < -0.4 is 15.8 Å². The van der Waals surface area contributed by atoms with Gasteiger partial charge in [-0.15, -0.1) is 0 Å². The molecule has 2 heterocycles. The van der Waals surface area contributed by atoms with Crippen LogP contribution in [0.25, 0.3) is 5.69 Å². The summed E-state index contributed by atoms with van der Waals surface area (Å²) < 4.78 is 3.33. The Bertz CT molecular complexity index is 1350. The van der Waals surface area contributed by atoms with Crippen molar-refractivity contribution in [3.63, 3.8) is 0 Å². The molecule has 0 radical (unpaired) electrons. The van der Waals surface area contributed by atoms with Crippen molar-refractivity contribution in [2.75, 3.05) is 16.8 Å². The van der Waals surface area contributed by atoms with Crippen LogP contribution in [0.4, 0.5) is 17.1 Å². The second kappa shape index (κ2) is 8.67. The number of para-hydroxylation sites is 3. The van der Waals surface area contributed by atoms with Crippen LogP contribution in [0, 0.1) is 6.92 Å². The van der Waals surface area contributed by atoms with E-state index >= 15 is 0 Å². The number of carbonyl (C=O) groups is 1. The van der Waals surface area contributed by atoms with E-state index in [0.29, 0.717) is 17.9 Å². The summed E-state index contributed by atoms with van der Waals surface area (Å²) in [5.41, 5.74) is 3.74. The molecule has 0 saturated carbocycles. The topological polar surface area (TPSA) is 59.3 Å². The zero-order chi connectivity index (χ0) is 22.9. The van der Waals surface area contributed by atoms with E-state index < -0.39 is 0 Å². The lowest BCUT2D eigenvalue weighted by Crippen LogP contribution is -2.27. The minimum absolute atomic E-state index is 0.186. The van der Waals surface area contributed by atoms with Crippen LogP contribution in [0.1, 0.15) is 12.1 Å². The van der Waals surface area contributed by atoms with Crippen molar-refractivity contribution < 1.29 is 4.79 Å². The average molecular weight is 457 g/mol. The Morgan fingerprint density at radius 2 is 1.45 bits per heavy atom. The molecule has 166 valence electrons. The number of hydrogen-bond donors (Lipinski definition) is 1. The van der Waals surface area contributed by atoms with Crippen molar-refractivity contribution in [2.45, 2.75) is 23.1 Å². The van der Waals surface area contributed by atoms with Gasteiger partial charge in [-0.25, -0.2) is 4.68 Å². The highest BCUT2D eigenvalue weighted by molar-refractivity contribution is 7.99. The Morgan fingerprint density at radius 1 is 0.879 bits per heavy atom. The molecule has 6 nitrogen and oxygen atoms in total. The fourth-order valence-corrected chi connectivity index (χ4v) is 5.25. The molecule has 1 amide bonds. The SMILES string of the molecule is Cc1c(NC(=O)CCN2c3ccccc3Sc3ccccc32)c(=O)n(-c2ccccc2)n1C. The summed E-state index contributed by atoms with van der Waals surface area (Å²) in [4.78, 5) is 30.6. The molecule has 33 heavy (non-hydrogen) atoms. The lowest BCUT2D eigenvalue weighted by molar-refractivity contribution is -0.116. The van der Waals surface area contributed by atoms with Gasteiger partial charge in [-0.2, -0.15) is 0 Å². The second-order valence-electron chi connectivity index (χ2n) is 7.92. The molecule has 1 aromatic heterocycles. The van der Waals surface area contributed by atoms with E-state index in [1.165, 1.54) is 9.79 Å². The fraction of sp³-hybridized carbons (Fsp3) is 0.154. The highest BCUT2D eigenvalue weighted by Gasteiger charge is 2.24. The van der Waals surface area contributed by atoms with Gasteiger partial charge in [-0.3, -0.25) is 14.3 Å². The lowest BCUT2D eigenvalue weighted by atomic mass is 10.2. The molecule has 0 unspecified atom stereocenters. The zero-order valence-corrected chi connectivity index (χ0v) is 19.3. The van der Waals surface area contributed by atoms with E-state index in [1.807, 2.05) is 68.6 Å². The van der Waals surface area contributed by atoms with E-state index in [4.69, 9.17) is 0 Å². The number of hydrogen-bond acceptors (Lipinski definition) is 4. The monoisotopic (exact) mass is 456 g/mol. The summed E-state index contributed by atoms with van der Waals surface area (Å²) in [6.07, 6.45) is 0.256. The summed E-state index contributed by atoms with van der Waals surface area (Å²) in [5.74, 6) is -0.186. The summed E-state index contributed by atoms with van der Waals surface area (Å²) in [7, 11) is 1.82. The molecule has 0 saturated heterocycles. The molecule has 1 aliphatic rings. The minimum atomic E-state index is -0.236.